The molecule has 28 heavy (non-hydrogen) atoms. The van der Waals surface area contributed by atoms with Crippen molar-refractivity contribution in [3.8, 4) is 5.75 Å². The Hall–Kier alpha value is -3.26. The first-order valence-corrected chi connectivity index (χ1v) is 9.62. The van der Waals surface area contributed by atoms with Crippen LogP contribution in [0.3, 0.4) is 0 Å². The van der Waals surface area contributed by atoms with E-state index in [1.54, 1.807) is 24.3 Å². The first-order chi connectivity index (χ1) is 13.5. The van der Waals surface area contributed by atoms with Crippen molar-refractivity contribution in [2.24, 2.45) is 0 Å². The molecule has 8 heteroatoms. The lowest BCUT2D eigenvalue weighted by Crippen LogP contribution is -2.45. The standard InChI is InChI=1S/C20H17N3O4S/c1-3-27-12-8-9-15-16(10-12)28-20(21-15)22-17(24)11(2)23-18(25)13-6-4-5-7-14(13)19(23)26/h4-11H,3H2,1-2H3,(H,21,22,24). The Morgan fingerprint density at radius 2 is 1.86 bits per heavy atom. The van der Waals surface area contributed by atoms with Crippen LogP contribution in [0.1, 0.15) is 34.6 Å². The molecule has 0 aliphatic carbocycles. The number of carbonyl (C=O) groups excluding carboxylic acids is 3. The molecule has 1 aliphatic rings. The molecule has 0 fully saturated rings. The molecule has 0 saturated heterocycles. The van der Waals surface area contributed by atoms with Crippen LogP contribution in [-0.4, -0.2) is 40.3 Å². The zero-order valence-corrected chi connectivity index (χ0v) is 16.1. The molecule has 1 N–H and O–H groups in total. The van der Waals surface area contributed by atoms with E-state index < -0.39 is 23.8 Å². The largest absolute Gasteiger partial charge is 0.494 e. The summed E-state index contributed by atoms with van der Waals surface area (Å²) >= 11 is 1.30. The summed E-state index contributed by atoms with van der Waals surface area (Å²) in [6.45, 7) is 3.99. The molecule has 0 spiro atoms. The summed E-state index contributed by atoms with van der Waals surface area (Å²) < 4.78 is 6.34. The second kappa shape index (κ2) is 7.05. The van der Waals surface area contributed by atoms with Gasteiger partial charge in [-0.3, -0.25) is 19.3 Å². The molecule has 0 saturated carbocycles. The number of thiazole rings is 1. The number of nitrogens with zero attached hydrogens (tertiary/aromatic N) is 2. The Labute approximate surface area is 164 Å². The molecule has 1 aliphatic heterocycles. The molecule has 4 rings (SSSR count). The minimum Gasteiger partial charge on any atom is -0.494 e. The van der Waals surface area contributed by atoms with Crippen LogP contribution in [0, 0.1) is 0 Å². The lowest BCUT2D eigenvalue weighted by atomic mass is 10.1. The maximum atomic E-state index is 12.7. The van der Waals surface area contributed by atoms with Gasteiger partial charge in [0.25, 0.3) is 11.8 Å². The normalized spacial score (nSPS) is 14.3. The third-order valence-corrected chi connectivity index (χ3v) is 5.43. The number of nitrogens with one attached hydrogen (secondary N) is 1. The summed E-state index contributed by atoms with van der Waals surface area (Å²) in [7, 11) is 0. The minimum absolute atomic E-state index is 0.315. The number of aromatic nitrogens is 1. The molecular formula is C20H17N3O4S. The van der Waals surface area contributed by atoms with Crippen LogP contribution in [0.25, 0.3) is 10.2 Å². The number of fused-ring (bicyclic) bond motifs is 2. The van der Waals surface area contributed by atoms with Crippen molar-refractivity contribution in [1.29, 1.82) is 0 Å². The van der Waals surface area contributed by atoms with Crippen LogP contribution in [0.4, 0.5) is 5.13 Å². The number of hydrogen-bond acceptors (Lipinski definition) is 6. The maximum Gasteiger partial charge on any atom is 0.262 e. The van der Waals surface area contributed by atoms with Crippen molar-refractivity contribution in [1.82, 2.24) is 9.88 Å². The Morgan fingerprint density at radius 1 is 1.18 bits per heavy atom. The summed E-state index contributed by atoms with van der Waals surface area (Å²) in [6.07, 6.45) is 0. The monoisotopic (exact) mass is 395 g/mol. The summed E-state index contributed by atoms with van der Waals surface area (Å²) in [5, 5.41) is 3.11. The second-order valence-electron chi connectivity index (χ2n) is 6.27. The SMILES string of the molecule is CCOc1ccc2nc(NC(=O)C(C)N3C(=O)c4ccccc4C3=O)sc2c1. The third-order valence-electron chi connectivity index (χ3n) is 4.49. The van der Waals surface area contributed by atoms with E-state index in [4.69, 9.17) is 4.74 Å². The first kappa shape index (κ1) is 18.1. The van der Waals surface area contributed by atoms with Gasteiger partial charge >= 0.3 is 0 Å². The van der Waals surface area contributed by atoms with E-state index in [0.29, 0.717) is 22.9 Å². The fourth-order valence-electron chi connectivity index (χ4n) is 3.10. The van der Waals surface area contributed by atoms with Crippen LogP contribution in [0.15, 0.2) is 42.5 Å². The first-order valence-electron chi connectivity index (χ1n) is 8.80. The molecule has 7 nitrogen and oxygen atoms in total. The van der Waals surface area contributed by atoms with Gasteiger partial charge in [-0.15, -0.1) is 0 Å². The van der Waals surface area contributed by atoms with E-state index in [2.05, 4.69) is 10.3 Å². The fraction of sp³-hybridized carbons (Fsp3) is 0.200. The highest BCUT2D eigenvalue weighted by atomic mass is 32.1. The lowest BCUT2D eigenvalue weighted by molar-refractivity contribution is -0.119. The van der Waals surface area contributed by atoms with Crippen molar-refractivity contribution in [2.45, 2.75) is 19.9 Å². The average Bonchev–Trinajstić information content (AvgIpc) is 3.20. The van der Waals surface area contributed by atoms with Crippen LogP contribution < -0.4 is 10.1 Å². The van der Waals surface area contributed by atoms with Gasteiger partial charge in [0.2, 0.25) is 5.91 Å². The van der Waals surface area contributed by atoms with Gasteiger partial charge in [0, 0.05) is 0 Å². The van der Waals surface area contributed by atoms with Gasteiger partial charge in [-0.1, -0.05) is 23.5 Å². The Morgan fingerprint density at radius 3 is 2.50 bits per heavy atom. The van der Waals surface area contributed by atoms with Crippen molar-refractivity contribution in [3.63, 3.8) is 0 Å². The van der Waals surface area contributed by atoms with Gasteiger partial charge in [0.15, 0.2) is 5.13 Å². The quantitative estimate of drug-likeness (QED) is 0.670. The second-order valence-corrected chi connectivity index (χ2v) is 7.30. The van der Waals surface area contributed by atoms with Crippen molar-refractivity contribution >= 4 is 44.4 Å². The number of anilines is 1. The van der Waals surface area contributed by atoms with E-state index in [9.17, 15) is 14.4 Å². The van der Waals surface area contributed by atoms with Gasteiger partial charge in [0.05, 0.1) is 28.0 Å². The molecule has 3 amide bonds. The molecule has 0 bridgehead atoms. The van der Waals surface area contributed by atoms with Crippen LogP contribution >= 0.6 is 11.3 Å². The Bertz CT molecular complexity index is 1070. The summed E-state index contributed by atoms with van der Waals surface area (Å²) in [5.74, 6) is -0.669. The van der Waals surface area contributed by atoms with Crippen molar-refractivity contribution < 1.29 is 19.1 Å². The smallest absolute Gasteiger partial charge is 0.262 e. The number of benzene rings is 2. The van der Waals surface area contributed by atoms with Crippen LogP contribution in [0.2, 0.25) is 0 Å². The van der Waals surface area contributed by atoms with Crippen molar-refractivity contribution in [2.75, 3.05) is 11.9 Å². The number of hydrogen-bond donors (Lipinski definition) is 1. The van der Waals surface area contributed by atoms with Gasteiger partial charge in [-0.25, -0.2) is 4.98 Å². The maximum absolute atomic E-state index is 12.7. The molecule has 1 unspecified atom stereocenters. The van der Waals surface area contributed by atoms with E-state index in [-0.39, 0.29) is 0 Å². The molecule has 1 aromatic heterocycles. The topological polar surface area (TPSA) is 88.6 Å². The number of rotatable bonds is 5. The summed E-state index contributed by atoms with van der Waals surface area (Å²) in [6, 6.07) is 11.1. The predicted octanol–water partition coefficient (Wildman–Crippen LogP) is 3.32. The predicted molar refractivity (Wildman–Crippen MR) is 106 cm³/mol. The average molecular weight is 395 g/mol. The van der Waals surface area contributed by atoms with E-state index >= 15 is 0 Å². The molecule has 142 valence electrons. The molecule has 2 heterocycles. The van der Waals surface area contributed by atoms with Crippen molar-refractivity contribution in [3.05, 3.63) is 53.6 Å². The molecule has 2 aromatic carbocycles. The lowest BCUT2D eigenvalue weighted by Gasteiger charge is -2.21. The zero-order valence-electron chi connectivity index (χ0n) is 15.3. The van der Waals surface area contributed by atoms with Gasteiger partial charge in [-0.2, -0.15) is 0 Å². The van der Waals surface area contributed by atoms with Crippen LogP contribution in [-0.2, 0) is 4.79 Å². The molecule has 3 aromatic rings. The summed E-state index contributed by atoms with van der Waals surface area (Å²) in [4.78, 5) is 43.1. The number of imide groups is 1. The highest BCUT2D eigenvalue weighted by Gasteiger charge is 2.40. The van der Waals surface area contributed by atoms with Gasteiger partial charge in [-0.05, 0) is 44.2 Å². The molecule has 0 radical (unpaired) electrons. The van der Waals surface area contributed by atoms with Gasteiger partial charge < -0.3 is 10.1 Å². The number of ether oxygens (including phenoxy) is 1. The molecular weight excluding hydrogens is 378 g/mol. The highest BCUT2D eigenvalue weighted by Crippen LogP contribution is 2.30. The third kappa shape index (κ3) is 3.01. The highest BCUT2D eigenvalue weighted by molar-refractivity contribution is 7.22. The minimum atomic E-state index is -0.960. The zero-order chi connectivity index (χ0) is 19.8. The summed E-state index contributed by atoms with van der Waals surface area (Å²) in [5.41, 5.74) is 1.36. The fourth-order valence-corrected chi connectivity index (χ4v) is 4.00. The van der Waals surface area contributed by atoms with Gasteiger partial charge in [0.1, 0.15) is 11.8 Å². The Balaban J connectivity index is 1.53. The number of carbonyl (C=O) groups is 3. The number of amides is 3. The van der Waals surface area contributed by atoms with E-state index in [1.807, 2.05) is 25.1 Å². The Kier molecular flexibility index (Phi) is 4.56. The molecule has 1 atom stereocenters. The van der Waals surface area contributed by atoms with Crippen LogP contribution in [0.5, 0.6) is 5.75 Å². The van der Waals surface area contributed by atoms with E-state index in [1.165, 1.54) is 18.3 Å². The van der Waals surface area contributed by atoms with E-state index in [0.717, 1.165) is 20.9 Å².